The summed E-state index contributed by atoms with van der Waals surface area (Å²) in [5, 5.41) is 11.2. The molecule has 0 bridgehead atoms. The van der Waals surface area contributed by atoms with Gasteiger partial charge in [0, 0.05) is 24.5 Å². The summed E-state index contributed by atoms with van der Waals surface area (Å²) in [5.74, 6) is -1.70. The summed E-state index contributed by atoms with van der Waals surface area (Å²) in [5.41, 5.74) is 1.96. The first-order valence-electron chi connectivity index (χ1n) is 11.4. The number of carbonyl (C=O) groups excluding carboxylic acids is 3. The Balaban J connectivity index is 1.80. The maximum Gasteiger partial charge on any atom is 0.337 e. The second-order valence-electron chi connectivity index (χ2n) is 8.59. The second kappa shape index (κ2) is 10.4. The van der Waals surface area contributed by atoms with E-state index in [9.17, 15) is 19.5 Å². The molecule has 1 amide bonds. The normalized spacial score (nSPS) is 16.9. The Morgan fingerprint density at radius 1 is 1.03 bits per heavy atom. The number of likely N-dealkylation sites (tertiary alicyclic amines) is 1. The van der Waals surface area contributed by atoms with Crippen LogP contribution in [0.3, 0.4) is 0 Å². The molecule has 1 N–H and O–H groups in total. The number of methoxy groups -OCH3 is 1. The number of ether oxygens (including phenoxy) is 2. The molecule has 36 heavy (non-hydrogen) atoms. The lowest BCUT2D eigenvalue weighted by molar-refractivity contribution is -0.140. The topological polar surface area (TPSA) is 106 Å². The van der Waals surface area contributed by atoms with Crippen LogP contribution in [0.5, 0.6) is 5.75 Å². The van der Waals surface area contributed by atoms with Gasteiger partial charge in [-0.2, -0.15) is 0 Å². The van der Waals surface area contributed by atoms with Crippen molar-refractivity contribution in [2.45, 2.75) is 32.5 Å². The SMILES string of the molecule is COC(=O)c1ccc(C2/C(=C(/O)c3ccc(OC(C)C)cc3)C(=O)C(=O)N2Cc2cccnc2)cc1. The molecule has 0 saturated carbocycles. The minimum absolute atomic E-state index is 0.0183. The summed E-state index contributed by atoms with van der Waals surface area (Å²) in [6, 6.07) is 15.7. The quantitative estimate of drug-likeness (QED) is 0.230. The fraction of sp³-hybridized carbons (Fsp3) is 0.214. The average molecular weight is 487 g/mol. The molecule has 4 rings (SSSR count). The molecule has 3 aromatic rings. The highest BCUT2D eigenvalue weighted by molar-refractivity contribution is 6.46. The van der Waals surface area contributed by atoms with Gasteiger partial charge in [-0.15, -0.1) is 0 Å². The van der Waals surface area contributed by atoms with E-state index in [1.54, 1.807) is 73.1 Å². The molecule has 1 aromatic heterocycles. The minimum Gasteiger partial charge on any atom is -0.507 e. The van der Waals surface area contributed by atoms with E-state index in [1.807, 2.05) is 13.8 Å². The summed E-state index contributed by atoms with van der Waals surface area (Å²) in [7, 11) is 1.29. The lowest BCUT2D eigenvalue weighted by atomic mass is 9.94. The molecule has 8 nitrogen and oxygen atoms in total. The van der Waals surface area contributed by atoms with Crippen molar-refractivity contribution in [2.75, 3.05) is 7.11 Å². The van der Waals surface area contributed by atoms with E-state index in [-0.39, 0.29) is 24.0 Å². The number of hydrogen-bond donors (Lipinski definition) is 1. The third-order valence-corrected chi connectivity index (χ3v) is 5.76. The Morgan fingerprint density at radius 2 is 1.69 bits per heavy atom. The fourth-order valence-electron chi connectivity index (χ4n) is 4.12. The zero-order chi connectivity index (χ0) is 25.8. The maximum absolute atomic E-state index is 13.2. The molecule has 1 aliphatic rings. The molecule has 1 fully saturated rings. The van der Waals surface area contributed by atoms with Gasteiger partial charge in [-0.25, -0.2) is 4.79 Å². The number of amides is 1. The Kier molecular flexibility index (Phi) is 7.15. The average Bonchev–Trinajstić information content (AvgIpc) is 3.13. The first kappa shape index (κ1) is 24.7. The van der Waals surface area contributed by atoms with Crippen LogP contribution < -0.4 is 4.74 Å². The Labute approximate surface area is 208 Å². The van der Waals surface area contributed by atoms with Crippen LogP contribution in [0.15, 0.2) is 78.6 Å². The van der Waals surface area contributed by atoms with Gasteiger partial charge in [0.05, 0.1) is 30.4 Å². The molecule has 1 unspecified atom stereocenters. The van der Waals surface area contributed by atoms with Gasteiger partial charge in [-0.3, -0.25) is 14.6 Å². The zero-order valence-electron chi connectivity index (χ0n) is 20.2. The van der Waals surface area contributed by atoms with Crippen LogP contribution in [0.4, 0.5) is 0 Å². The van der Waals surface area contributed by atoms with Crippen molar-refractivity contribution >= 4 is 23.4 Å². The molecule has 0 spiro atoms. The van der Waals surface area contributed by atoms with Crippen molar-refractivity contribution in [2.24, 2.45) is 0 Å². The highest BCUT2D eigenvalue weighted by atomic mass is 16.5. The number of hydrogen-bond acceptors (Lipinski definition) is 7. The third kappa shape index (κ3) is 4.98. The van der Waals surface area contributed by atoms with Gasteiger partial charge < -0.3 is 19.5 Å². The molecule has 184 valence electrons. The molecular weight excluding hydrogens is 460 g/mol. The lowest BCUT2D eigenvalue weighted by Gasteiger charge is -2.25. The Morgan fingerprint density at radius 3 is 2.28 bits per heavy atom. The zero-order valence-corrected chi connectivity index (χ0v) is 20.2. The van der Waals surface area contributed by atoms with Crippen molar-refractivity contribution < 1.29 is 29.0 Å². The molecule has 0 radical (unpaired) electrons. The van der Waals surface area contributed by atoms with Crippen molar-refractivity contribution in [1.29, 1.82) is 0 Å². The fourth-order valence-corrected chi connectivity index (χ4v) is 4.12. The largest absolute Gasteiger partial charge is 0.507 e. The molecular formula is C28H26N2O6. The maximum atomic E-state index is 13.2. The van der Waals surface area contributed by atoms with E-state index in [2.05, 4.69) is 4.98 Å². The van der Waals surface area contributed by atoms with Crippen molar-refractivity contribution in [3.05, 3.63) is 101 Å². The van der Waals surface area contributed by atoms with Gasteiger partial charge >= 0.3 is 5.97 Å². The van der Waals surface area contributed by atoms with E-state index in [0.717, 1.165) is 5.56 Å². The molecule has 8 heteroatoms. The van der Waals surface area contributed by atoms with Crippen LogP contribution in [0.2, 0.25) is 0 Å². The summed E-state index contributed by atoms with van der Waals surface area (Å²) < 4.78 is 10.4. The number of rotatable bonds is 7. The number of aliphatic hydroxyl groups excluding tert-OH is 1. The van der Waals surface area contributed by atoms with E-state index in [4.69, 9.17) is 9.47 Å². The molecule has 2 aromatic carbocycles. The van der Waals surface area contributed by atoms with Gasteiger partial charge in [0.1, 0.15) is 11.5 Å². The Bertz CT molecular complexity index is 1300. The van der Waals surface area contributed by atoms with Crippen LogP contribution >= 0.6 is 0 Å². The number of Topliss-reactive ketones (excluding diaryl/α,β-unsaturated/α-hetero) is 1. The highest BCUT2D eigenvalue weighted by Gasteiger charge is 2.46. The molecule has 1 saturated heterocycles. The summed E-state index contributed by atoms with van der Waals surface area (Å²) in [4.78, 5) is 43.8. The number of aromatic nitrogens is 1. The van der Waals surface area contributed by atoms with E-state index < -0.39 is 23.7 Å². The summed E-state index contributed by atoms with van der Waals surface area (Å²) in [6.45, 7) is 3.92. The molecule has 2 heterocycles. The van der Waals surface area contributed by atoms with Crippen molar-refractivity contribution in [1.82, 2.24) is 9.88 Å². The second-order valence-corrected chi connectivity index (χ2v) is 8.59. The van der Waals surface area contributed by atoms with Crippen LogP contribution in [-0.4, -0.2) is 45.9 Å². The van der Waals surface area contributed by atoms with Crippen LogP contribution in [0, 0.1) is 0 Å². The van der Waals surface area contributed by atoms with E-state index >= 15 is 0 Å². The number of aliphatic hydroxyl groups is 1. The van der Waals surface area contributed by atoms with Crippen LogP contribution in [0.1, 0.15) is 46.9 Å². The predicted molar refractivity (Wildman–Crippen MR) is 132 cm³/mol. The highest BCUT2D eigenvalue weighted by Crippen LogP contribution is 2.40. The van der Waals surface area contributed by atoms with Gasteiger partial charge in [0.2, 0.25) is 0 Å². The smallest absolute Gasteiger partial charge is 0.337 e. The van der Waals surface area contributed by atoms with E-state index in [0.29, 0.717) is 22.4 Å². The third-order valence-electron chi connectivity index (χ3n) is 5.76. The summed E-state index contributed by atoms with van der Waals surface area (Å²) >= 11 is 0. The molecule has 0 aliphatic carbocycles. The van der Waals surface area contributed by atoms with Crippen molar-refractivity contribution in [3.63, 3.8) is 0 Å². The number of benzene rings is 2. The van der Waals surface area contributed by atoms with Crippen LogP contribution in [0.25, 0.3) is 5.76 Å². The summed E-state index contributed by atoms with van der Waals surface area (Å²) in [6.07, 6.45) is 3.22. The monoisotopic (exact) mass is 486 g/mol. The molecule has 1 atom stereocenters. The van der Waals surface area contributed by atoms with Crippen molar-refractivity contribution in [3.8, 4) is 5.75 Å². The standard InChI is InChI=1S/C28H26N2O6/c1-17(2)36-22-12-10-20(11-13-22)25(31)23-24(19-6-8-21(9-7-19)28(34)35-3)30(27(33)26(23)32)16-18-5-4-14-29-15-18/h4-15,17,24,31H,16H2,1-3H3/b25-23-. The van der Waals surface area contributed by atoms with Gasteiger partial charge in [-0.05, 0) is 67.4 Å². The molecule has 1 aliphatic heterocycles. The van der Waals surface area contributed by atoms with E-state index in [1.165, 1.54) is 12.0 Å². The number of carbonyl (C=O) groups is 3. The number of ketones is 1. The Hall–Kier alpha value is -4.46. The van der Waals surface area contributed by atoms with Crippen LogP contribution in [-0.2, 0) is 20.9 Å². The predicted octanol–water partition coefficient (Wildman–Crippen LogP) is 4.28. The first-order chi connectivity index (χ1) is 17.3. The number of nitrogens with zero attached hydrogens (tertiary/aromatic N) is 2. The van der Waals surface area contributed by atoms with Gasteiger partial charge in [-0.1, -0.05) is 18.2 Å². The lowest BCUT2D eigenvalue weighted by Crippen LogP contribution is -2.29. The first-order valence-corrected chi connectivity index (χ1v) is 11.4. The number of pyridine rings is 1. The minimum atomic E-state index is -0.872. The van der Waals surface area contributed by atoms with Gasteiger partial charge in [0.15, 0.2) is 0 Å². The number of esters is 1. The van der Waals surface area contributed by atoms with Gasteiger partial charge in [0.25, 0.3) is 11.7 Å².